The first kappa shape index (κ1) is 25.9. The molecule has 0 aliphatic heterocycles. The molecule has 9 aromatic rings. The van der Waals surface area contributed by atoms with Crippen LogP contribution in [0.15, 0.2) is 156 Å². The molecule has 4 heteroatoms. The number of furan rings is 1. The molecule has 1 aliphatic rings. The molecule has 0 amide bonds. The molecule has 0 bridgehead atoms. The zero-order valence-electron chi connectivity index (χ0n) is 25.2. The van der Waals surface area contributed by atoms with E-state index in [1.807, 2.05) is 60.7 Å². The minimum absolute atomic E-state index is 0.634. The number of hydrogen-bond acceptors (Lipinski definition) is 4. The summed E-state index contributed by atoms with van der Waals surface area (Å²) in [5, 5.41) is 4.88. The van der Waals surface area contributed by atoms with Gasteiger partial charge in [-0.3, -0.25) is 0 Å². The standard InChI is InChI=1S/C43H25N3O/c1-3-10-28(11-4-1)41-44-42(29-12-5-2-6-13-29)46-43(45-41)30-22-20-26(21-23-30)31-24-25-35-33-17-8-15-27-14-7-16-32(37(27)33)34-18-9-19-36-38(34)39(35)40(31)47-36/h1-25H. The fraction of sp³-hybridized carbons (Fsp3) is 0. The highest BCUT2D eigenvalue weighted by Gasteiger charge is 2.25. The number of aromatic nitrogens is 3. The second-order valence-corrected chi connectivity index (χ2v) is 12.0. The van der Waals surface area contributed by atoms with Gasteiger partial charge in [0.25, 0.3) is 0 Å². The summed E-state index contributed by atoms with van der Waals surface area (Å²) >= 11 is 0. The molecule has 218 valence electrons. The van der Waals surface area contributed by atoms with E-state index in [0.717, 1.165) is 39.0 Å². The largest absolute Gasteiger partial charge is 0.455 e. The molecule has 0 saturated carbocycles. The van der Waals surface area contributed by atoms with Gasteiger partial charge >= 0.3 is 0 Å². The third-order valence-electron chi connectivity index (χ3n) is 9.28. The average molecular weight is 600 g/mol. The van der Waals surface area contributed by atoms with Gasteiger partial charge in [0.15, 0.2) is 17.5 Å². The lowest BCUT2D eigenvalue weighted by atomic mass is 9.92. The van der Waals surface area contributed by atoms with E-state index in [-0.39, 0.29) is 0 Å². The molecule has 0 fully saturated rings. The molecule has 7 aromatic carbocycles. The van der Waals surface area contributed by atoms with Crippen molar-refractivity contribution in [1.82, 2.24) is 15.0 Å². The van der Waals surface area contributed by atoms with Crippen LogP contribution < -0.4 is 0 Å². The summed E-state index contributed by atoms with van der Waals surface area (Å²) in [7, 11) is 0. The predicted molar refractivity (Wildman–Crippen MR) is 191 cm³/mol. The second kappa shape index (κ2) is 10.1. The summed E-state index contributed by atoms with van der Waals surface area (Å²) in [5.41, 5.74) is 11.7. The van der Waals surface area contributed by atoms with Gasteiger partial charge in [0.2, 0.25) is 0 Å². The van der Waals surface area contributed by atoms with Gasteiger partial charge in [-0.05, 0) is 50.7 Å². The van der Waals surface area contributed by atoms with Gasteiger partial charge in [0.05, 0.1) is 0 Å². The molecule has 2 aromatic heterocycles. The van der Waals surface area contributed by atoms with E-state index in [9.17, 15) is 0 Å². The van der Waals surface area contributed by atoms with Gasteiger partial charge in [-0.25, -0.2) is 15.0 Å². The van der Waals surface area contributed by atoms with Crippen molar-refractivity contribution in [3.05, 3.63) is 152 Å². The van der Waals surface area contributed by atoms with E-state index in [1.165, 1.54) is 43.8 Å². The van der Waals surface area contributed by atoms with E-state index in [0.29, 0.717) is 17.5 Å². The minimum Gasteiger partial charge on any atom is -0.455 e. The monoisotopic (exact) mass is 599 g/mol. The molecular formula is C43H25N3O. The van der Waals surface area contributed by atoms with Crippen molar-refractivity contribution in [1.29, 1.82) is 0 Å². The first-order valence-electron chi connectivity index (χ1n) is 15.8. The summed E-state index contributed by atoms with van der Waals surface area (Å²) in [6, 6.07) is 52.6. The lowest BCUT2D eigenvalue weighted by molar-refractivity contribution is 0.670. The number of nitrogens with zero attached hydrogens (tertiary/aromatic N) is 3. The van der Waals surface area contributed by atoms with Crippen LogP contribution in [0.1, 0.15) is 0 Å². The van der Waals surface area contributed by atoms with Gasteiger partial charge in [-0.1, -0.05) is 140 Å². The third-order valence-corrected chi connectivity index (χ3v) is 9.28. The first-order chi connectivity index (χ1) is 23.3. The fourth-order valence-electron chi connectivity index (χ4n) is 7.12. The Kier molecular flexibility index (Phi) is 5.54. The molecule has 0 spiro atoms. The second-order valence-electron chi connectivity index (χ2n) is 12.0. The Morgan fingerprint density at radius 1 is 0.319 bits per heavy atom. The topological polar surface area (TPSA) is 51.8 Å². The smallest absolute Gasteiger partial charge is 0.164 e. The fourth-order valence-corrected chi connectivity index (χ4v) is 7.12. The van der Waals surface area contributed by atoms with Crippen molar-refractivity contribution < 1.29 is 4.42 Å². The molecule has 2 heterocycles. The molecule has 0 radical (unpaired) electrons. The lowest BCUT2D eigenvalue weighted by Crippen LogP contribution is -2.00. The SMILES string of the molecule is c1ccc(-c2nc(-c3ccccc3)nc(-c3ccc(-c4ccc5c6c4oc4cccc(c46)-c4cccc6cccc-5c46)cc3)n2)cc1. The maximum absolute atomic E-state index is 6.72. The number of benzene rings is 7. The molecule has 47 heavy (non-hydrogen) atoms. The van der Waals surface area contributed by atoms with Crippen molar-refractivity contribution in [2.45, 2.75) is 0 Å². The molecular weight excluding hydrogens is 574 g/mol. The maximum atomic E-state index is 6.72. The van der Waals surface area contributed by atoms with Gasteiger partial charge in [-0.2, -0.15) is 0 Å². The van der Waals surface area contributed by atoms with Crippen molar-refractivity contribution in [3.63, 3.8) is 0 Å². The van der Waals surface area contributed by atoms with Crippen LogP contribution in [0.3, 0.4) is 0 Å². The molecule has 1 aliphatic carbocycles. The highest BCUT2D eigenvalue weighted by molar-refractivity contribution is 6.27. The first-order valence-corrected chi connectivity index (χ1v) is 15.8. The quantitative estimate of drug-likeness (QED) is 0.202. The van der Waals surface area contributed by atoms with Crippen LogP contribution in [-0.4, -0.2) is 15.0 Å². The van der Waals surface area contributed by atoms with Gasteiger partial charge < -0.3 is 4.42 Å². The summed E-state index contributed by atoms with van der Waals surface area (Å²) in [5.74, 6) is 1.93. The number of rotatable bonds is 4. The average Bonchev–Trinajstić information content (AvgIpc) is 3.49. The van der Waals surface area contributed by atoms with Crippen LogP contribution >= 0.6 is 0 Å². The van der Waals surface area contributed by atoms with Crippen LogP contribution in [0, 0.1) is 0 Å². The summed E-state index contributed by atoms with van der Waals surface area (Å²) in [6.07, 6.45) is 0. The Hall–Kier alpha value is -6.39. The van der Waals surface area contributed by atoms with Crippen LogP contribution in [0.5, 0.6) is 0 Å². The molecule has 4 nitrogen and oxygen atoms in total. The van der Waals surface area contributed by atoms with E-state index in [2.05, 4.69) is 91.0 Å². The van der Waals surface area contributed by atoms with Crippen molar-refractivity contribution in [3.8, 4) is 67.5 Å². The van der Waals surface area contributed by atoms with Crippen molar-refractivity contribution in [2.75, 3.05) is 0 Å². The van der Waals surface area contributed by atoms with Crippen molar-refractivity contribution in [2.24, 2.45) is 0 Å². The van der Waals surface area contributed by atoms with Gasteiger partial charge in [-0.15, -0.1) is 0 Å². The summed E-state index contributed by atoms with van der Waals surface area (Å²) < 4.78 is 6.72. The molecule has 10 rings (SSSR count). The van der Waals surface area contributed by atoms with Gasteiger partial charge in [0, 0.05) is 33.0 Å². The van der Waals surface area contributed by atoms with Crippen molar-refractivity contribution >= 4 is 32.7 Å². The van der Waals surface area contributed by atoms with Gasteiger partial charge in [0.1, 0.15) is 11.2 Å². The normalized spacial score (nSPS) is 11.8. The summed E-state index contributed by atoms with van der Waals surface area (Å²) in [6.45, 7) is 0. The Labute approximate surface area is 270 Å². The van der Waals surface area contributed by atoms with Crippen LogP contribution in [-0.2, 0) is 0 Å². The Bertz CT molecular complexity index is 2600. The molecule has 0 atom stereocenters. The third kappa shape index (κ3) is 3.98. The number of hydrogen-bond donors (Lipinski definition) is 0. The highest BCUT2D eigenvalue weighted by atomic mass is 16.3. The lowest BCUT2D eigenvalue weighted by Gasteiger charge is -2.12. The predicted octanol–water partition coefficient (Wildman–Crippen LogP) is 11.2. The van der Waals surface area contributed by atoms with Crippen LogP contribution in [0.2, 0.25) is 0 Å². The van der Waals surface area contributed by atoms with Crippen LogP contribution in [0.25, 0.3) is 100 Å². The zero-order chi connectivity index (χ0) is 30.9. The summed E-state index contributed by atoms with van der Waals surface area (Å²) in [4.78, 5) is 14.7. The minimum atomic E-state index is 0.634. The molecule has 0 N–H and O–H groups in total. The Balaban J connectivity index is 1.14. The van der Waals surface area contributed by atoms with E-state index in [1.54, 1.807) is 0 Å². The molecule has 0 unspecified atom stereocenters. The Morgan fingerprint density at radius 2 is 0.787 bits per heavy atom. The van der Waals surface area contributed by atoms with E-state index in [4.69, 9.17) is 19.4 Å². The number of fused-ring (bicyclic) bond motifs is 2. The zero-order valence-corrected chi connectivity index (χ0v) is 25.2. The Morgan fingerprint density at radius 3 is 1.38 bits per heavy atom. The maximum Gasteiger partial charge on any atom is 0.164 e. The molecule has 0 saturated heterocycles. The van der Waals surface area contributed by atoms with E-state index < -0.39 is 0 Å². The van der Waals surface area contributed by atoms with Crippen LogP contribution in [0.4, 0.5) is 0 Å². The van der Waals surface area contributed by atoms with E-state index >= 15 is 0 Å². The highest BCUT2D eigenvalue weighted by Crippen LogP contribution is 2.50.